The minimum atomic E-state index is -0.368. The molecule has 0 amide bonds. The standard InChI is InChI=1S/C11H8ClNO2S/c1-7(14)15-10-6-16-11(13-10)8-2-4-9(12)5-3-8/h2-6H,1H3. The highest BCUT2D eigenvalue weighted by molar-refractivity contribution is 7.13. The van der Waals surface area contributed by atoms with Gasteiger partial charge in [-0.1, -0.05) is 23.7 Å². The van der Waals surface area contributed by atoms with Crippen LogP contribution < -0.4 is 4.74 Å². The number of ether oxygens (including phenoxy) is 1. The molecule has 3 nitrogen and oxygen atoms in total. The van der Waals surface area contributed by atoms with E-state index in [-0.39, 0.29) is 5.97 Å². The Morgan fingerprint density at radius 1 is 1.38 bits per heavy atom. The summed E-state index contributed by atoms with van der Waals surface area (Å²) >= 11 is 7.21. The van der Waals surface area contributed by atoms with Gasteiger partial charge in [-0.05, 0) is 12.1 Å². The first kappa shape index (κ1) is 11.1. The van der Waals surface area contributed by atoms with E-state index >= 15 is 0 Å². The van der Waals surface area contributed by atoms with Crippen molar-refractivity contribution in [1.82, 2.24) is 4.98 Å². The highest BCUT2D eigenvalue weighted by Crippen LogP contribution is 2.27. The Labute approximate surface area is 102 Å². The van der Waals surface area contributed by atoms with Crippen LogP contribution in [0.2, 0.25) is 5.02 Å². The van der Waals surface area contributed by atoms with Crippen molar-refractivity contribution in [3.63, 3.8) is 0 Å². The van der Waals surface area contributed by atoms with E-state index in [0.29, 0.717) is 10.9 Å². The molecule has 0 bridgehead atoms. The second-order valence-electron chi connectivity index (χ2n) is 3.09. The van der Waals surface area contributed by atoms with Crippen molar-refractivity contribution >= 4 is 28.9 Å². The Hall–Kier alpha value is -1.39. The predicted molar refractivity (Wildman–Crippen MR) is 63.9 cm³/mol. The van der Waals surface area contributed by atoms with Crippen molar-refractivity contribution in [1.29, 1.82) is 0 Å². The number of nitrogens with zero attached hydrogens (tertiary/aromatic N) is 1. The molecule has 1 heterocycles. The molecular formula is C11H8ClNO2S. The first-order chi connectivity index (χ1) is 7.65. The van der Waals surface area contributed by atoms with Gasteiger partial charge in [0.15, 0.2) is 0 Å². The number of aromatic nitrogens is 1. The van der Waals surface area contributed by atoms with E-state index < -0.39 is 0 Å². The molecule has 2 aromatic rings. The molecule has 5 heteroatoms. The Kier molecular flexibility index (Phi) is 3.22. The maximum absolute atomic E-state index is 10.7. The quantitative estimate of drug-likeness (QED) is 0.770. The minimum Gasteiger partial charge on any atom is -0.407 e. The van der Waals surface area contributed by atoms with Crippen molar-refractivity contribution in [3.05, 3.63) is 34.7 Å². The van der Waals surface area contributed by atoms with Gasteiger partial charge in [0.1, 0.15) is 5.01 Å². The summed E-state index contributed by atoms with van der Waals surface area (Å²) in [5.74, 6) is -0.0320. The van der Waals surface area contributed by atoms with E-state index in [1.807, 2.05) is 12.1 Å². The summed E-state index contributed by atoms with van der Waals surface area (Å²) < 4.78 is 4.87. The first-order valence-electron chi connectivity index (χ1n) is 4.55. The second kappa shape index (κ2) is 4.63. The molecule has 82 valence electrons. The molecule has 0 aliphatic carbocycles. The highest BCUT2D eigenvalue weighted by atomic mass is 35.5. The fraction of sp³-hybridized carbons (Fsp3) is 0.0909. The van der Waals surface area contributed by atoms with Gasteiger partial charge in [-0.3, -0.25) is 4.79 Å². The predicted octanol–water partition coefficient (Wildman–Crippen LogP) is 3.39. The van der Waals surface area contributed by atoms with Crippen LogP contribution in [0.5, 0.6) is 5.88 Å². The number of carbonyl (C=O) groups excluding carboxylic acids is 1. The van der Waals surface area contributed by atoms with E-state index in [9.17, 15) is 4.79 Å². The van der Waals surface area contributed by atoms with E-state index in [1.54, 1.807) is 17.5 Å². The molecule has 16 heavy (non-hydrogen) atoms. The Morgan fingerprint density at radius 2 is 2.06 bits per heavy atom. The third kappa shape index (κ3) is 2.59. The monoisotopic (exact) mass is 253 g/mol. The summed E-state index contributed by atoms with van der Waals surface area (Å²) in [5, 5.41) is 3.18. The zero-order valence-corrected chi connectivity index (χ0v) is 10.0. The van der Waals surface area contributed by atoms with E-state index in [4.69, 9.17) is 16.3 Å². The Balaban J connectivity index is 2.24. The van der Waals surface area contributed by atoms with Gasteiger partial charge in [0.25, 0.3) is 0 Å². The number of hydrogen-bond acceptors (Lipinski definition) is 4. The van der Waals surface area contributed by atoms with Crippen molar-refractivity contribution in [2.24, 2.45) is 0 Å². The van der Waals surface area contributed by atoms with Gasteiger partial charge >= 0.3 is 5.97 Å². The van der Waals surface area contributed by atoms with Crippen molar-refractivity contribution in [2.75, 3.05) is 0 Å². The SMILES string of the molecule is CC(=O)Oc1csc(-c2ccc(Cl)cc2)n1. The average molecular weight is 254 g/mol. The van der Waals surface area contributed by atoms with Crippen LogP contribution in [0, 0.1) is 0 Å². The summed E-state index contributed by atoms with van der Waals surface area (Å²) in [4.78, 5) is 14.9. The van der Waals surface area contributed by atoms with Gasteiger partial charge in [0.05, 0.1) is 5.38 Å². The van der Waals surface area contributed by atoms with Gasteiger partial charge in [-0.25, -0.2) is 4.98 Å². The van der Waals surface area contributed by atoms with Crippen LogP contribution in [0.3, 0.4) is 0 Å². The van der Waals surface area contributed by atoms with Crippen LogP contribution in [-0.4, -0.2) is 11.0 Å². The number of halogens is 1. The molecule has 1 aromatic carbocycles. The normalized spacial score (nSPS) is 10.1. The third-order valence-electron chi connectivity index (χ3n) is 1.82. The molecule has 0 aliphatic rings. The molecule has 0 unspecified atom stereocenters. The van der Waals surface area contributed by atoms with Crippen LogP contribution in [0.25, 0.3) is 10.6 Å². The lowest BCUT2D eigenvalue weighted by Crippen LogP contribution is -2.01. The number of benzene rings is 1. The lowest BCUT2D eigenvalue weighted by atomic mass is 10.2. The maximum Gasteiger partial charge on any atom is 0.309 e. The molecule has 0 saturated carbocycles. The zero-order valence-electron chi connectivity index (χ0n) is 8.44. The zero-order chi connectivity index (χ0) is 11.5. The van der Waals surface area contributed by atoms with E-state index in [1.165, 1.54) is 18.3 Å². The van der Waals surface area contributed by atoms with Gasteiger partial charge in [0, 0.05) is 17.5 Å². The number of rotatable bonds is 2. The minimum absolute atomic E-state index is 0.336. The first-order valence-corrected chi connectivity index (χ1v) is 5.81. The van der Waals surface area contributed by atoms with Crippen molar-refractivity contribution in [2.45, 2.75) is 6.92 Å². The average Bonchev–Trinajstić information content (AvgIpc) is 2.66. The molecule has 0 saturated heterocycles. The lowest BCUT2D eigenvalue weighted by molar-refractivity contribution is -0.132. The molecule has 1 aromatic heterocycles. The number of thiazole rings is 1. The maximum atomic E-state index is 10.7. The largest absolute Gasteiger partial charge is 0.407 e. The fourth-order valence-corrected chi connectivity index (χ4v) is 2.03. The second-order valence-corrected chi connectivity index (χ2v) is 4.39. The topological polar surface area (TPSA) is 39.2 Å². The smallest absolute Gasteiger partial charge is 0.309 e. The van der Waals surface area contributed by atoms with Crippen molar-refractivity contribution < 1.29 is 9.53 Å². The molecule has 2 rings (SSSR count). The fourth-order valence-electron chi connectivity index (χ4n) is 1.18. The summed E-state index contributed by atoms with van der Waals surface area (Å²) in [6.07, 6.45) is 0. The summed E-state index contributed by atoms with van der Waals surface area (Å²) in [5.41, 5.74) is 0.952. The van der Waals surface area contributed by atoms with Crippen LogP contribution in [0.1, 0.15) is 6.92 Å². The van der Waals surface area contributed by atoms with Gasteiger partial charge in [-0.15, -0.1) is 11.3 Å². The summed E-state index contributed by atoms with van der Waals surface area (Å²) in [7, 11) is 0. The van der Waals surface area contributed by atoms with E-state index in [2.05, 4.69) is 4.98 Å². The van der Waals surface area contributed by atoms with Gasteiger partial charge in [-0.2, -0.15) is 0 Å². The molecule has 0 radical (unpaired) electrons. The Morgan fingerprint density at radius 3 is 2.69 bits per heavy atom. The molecule has 0 N–H and O–H groups in total. The number of carbonyl (C=O) groups is 1. The Bertz CT molecular complexity index is 507. The summed E-state index contributed by atoms with van der Waals surface area (Å²) in [6.45, 7) is 1.35. The molecule has 0 fully saturated rings. The lowest BCUT2D eigenvalue weighted by Gasteiger charge is -1.96. The molecular weight excluding hydrogens is 246 g/mol. The van der Waals surface area contributed by atoms with Gasteiger partial charge in [0.2, 0.25) is 5.88 Å². The molecule has 0 spiro atoms. The van der Waals surface area contributed by atoms with Crippen molar-refractivity contribution in [3.8, 4) is 16.5 Å². The summed E-state index contributed by atoms with van der Waals surface area (Å²) in [6, 6.07) is 7.34. The molecule has 0 atom stereocenters. The van der Waals surface area contributed by atoms with Crippen LogP contribution in [0.15, 0.2) is 29.6 Å². The van der Waals surface area contributed by atoms with Crippen LogP contribution in [-0.2, 0) is 4.79 Å². The van der Waals surface area contributed by atoms with E-state index in [0.717, 1.165) is 10.6 Å². The number of esters is 1. The van der Waals surface area contributed by atoms with Crippen LogP contribution in [0.4, 0.5) is 0 Å². The molecule has 0 aliphatic heterocycles. The van der Waals surface area contributed by atoms with Gasteiger partial charge < -0.3 is 4.74 Å². The number of hydrogen-bond donors (Lipinski definition) is 0. The van der Waals surface area contributed by atoms with Crippen LogP contribution >= 0.6 is 22.9 Å². The third-order valence-corrected chi connectivity index (χ3v) is 2.94. The highest BCUT2D eigenvalue weighted by Gasteiger charge is 2.06.